The quantitative estimate of drug-likeness (QED) is 0.0773. The molecule has 324 valence electrons. The molecule has 4 aliphatic rings. The van der Waals surface area contributed by atoms with Gasteiger partial charge in [-0.05, 0) is 6.92 Å². The smallest absolute Gasteiger partial charge is 0.364 e. The molecule has 0 aromatic rings. The molecule has 4 heterocycles. The van der Waals surface area contributed by atoms with Gasteiger partial charge in [0, 0.05) is 20.3 Å². The molecular formula is C31H52N2O23. The van der Waals surface area contributed by atoms with E-state index >= 15 is 0 Å². The Morgan fingerprint density at radius 3 is 1.86 bits per heavy atom. The van der Waals surface area contributed by atoms with Crippen LogP contribution in [0.4, 0.5) is 0 Å². The van der Waals surface area contributed by atoms with E-state index in [0.717, 1.165) is 13.8 Å². The van der Waals surface area contributed by atoms with Crippen LogP contribution in [0.5, 0.6) is 0 Å². The number of hydrogen-bond donors (Lipinski definition) is 15. The third-order valence-electron chi connectivity index (χ3n) is 9.94. The summed E-state index contributed by atoms with van der Waals surface area (Å²) >= 11 is 0. The van der Waals surface area contributed by atoms with Crippen LogP contribution >= 0.6 is 0 Å². The van der Waals surface area contributed by atoms with Crippen molar-refractivity contribution < 1.29 is 114 Å². The molecule has 56 heavy (non-hydrogen) atoms. The standard InChI is InChI=1S/C31H52N2O23/c1-8-17(41)20(44)21(45)28(50-8)54-25-16(33-10(3)38)27(47)51-14(7-36)23(25)53-29-22(46)26(19(43)13(6-35)52-29)56-31(30(48)49)4-11(39)15(32-9(2)37)24(55-31)18(42)12(40)5-34/h8,11-29,34-36,39-47H,4-7H2,1-3H3,(H,32,37)(H,33,38)(H,48,49)/t8-,11+,12+,13-,14-,15-,16-,17+,18+,19+,20+,21-,22-,23-,24-,25-,26+,27?,28-,29+,31-/m1/s1. The van der Waals surface area contributed by atoms with Crippen molar-refractivity contribution in [1.29, 1.82) is 0 Å². The average Bonchev–Trinajstić information content (AvgIpc) is 3.14. The second kappa shape index (κ2) is 19.1. The van der Waals surface area contributed by atoms with Crippen molar-refractivity contribution >= 4 is 17.8 Å². The zero-order valence-corrected chi connectivity index (χ0v) is 30.3. The SMILES string of the molecule is CC(=O)N[C@H]1[C@H]([C@@H](O)[C@@H](O)CO)O[C@](O[C@H]2[C@@H](O)[C@@H](CO)O[C@@H](O[C@H]3[C@H](O[C@H]4O[C@H](C)[C@H](O)[C@H](O)[C@H]4O)[C@@H](NC(C)=O)C(O)O[C@@H]3CO)[C@@H]2O)(C(=O)O)C[C@@H]1O. The summed E-state index contributed by atoms with van der Waals surface area (Å²) in [7, 11) is 0. The Labute approximate surface area is 317 Å². The Balaban J connectivity index is 1.71. The van der Waals surface area contributed by atoms with E-state index in [0.29, 0.717) is 0 Å². The van der Waals surface area contributed by atoms with Gasteiger partial charge in [-0.25, -0.2) is 4.79 Å². The van der Waals surface area contributed by atoms with E-state index in [1.807, 2.05) is 0 Å². The first-order valence-corrected chi connectivity index (χ1v) is 17.6. The lowest BCUT2D eigenvalue weighted by Gasteiger charge is -2.51. The molecule has 25 heteroatoms. The number of carboxylic acids is 1. The van der Waals surface area contributed by atoms with Crippen LogP contribution in [-0.2, 0) is 47.5 Å². The molecule has 0 saturated carbocycles. The van der Waals surface area contributed by atoms with Gasteiger partial charge in [0.05, 0.1) is 38.1 Å². The highest BCUT2D eigenvalue weighted by molar-refractivity contribution is 5.76. The van der Waals surface area contributed by atoms with Crippen LogP contribution in [0.25, 0.3) is 0 Å². The maximum Gasteiger partial charge on any atom is 0.364 e. The lowest BCUT2D eigenvalue weighted by molar-refractivity contribution is -0.390. The third-order valence-corrected chi connectivity index (χ3v) is 9.94. The van der Waals surface area contributed by atoms with Gasteiger partial charge >= 0.3 is 5.97 Å². The second-order valence-corrected chi connectivity index (χ2v) is 14.0. The minimum atomic E-state index is -3.12. The van der Waals surface area contributed by atoms with Crippen LogP contribution in [0.1, 0.15) is 27.2 Å². The van der Waals surface area contributed by atoms with Crippen molar-refractivity contribution in [3.8, 4) is 0 Å². The fourth-order valence-corrected chi connectivity index (χ4v) is 6.99. The molecule has 0 bridgehead atoms. The fraction of sp³-hybridized carbons (Fsp3) is 0.903. The Bertz CT molecular complexity index is 1330. The van der Waals surface area contributed by atoms with Crippen LogP contribution < -0.4 is 10.6 Å². The number of amides is 2. The van der Waals surface area contributed by atoms with Gasteiger partial charge < -0.3 is 110 Å². The molecule has 2 amide bonds. The molecule has 4 fully saturated rings. The van der Waals surface area contributed by atoms with Gasteiger partial charge in [0.15, 0.2) is 18.9 Å². The number of carbonyl (C=O) groups is 3. The first-order chi connectivity index (χ1) is 26.2. The number of rotatable bonds is 14. The molecule has 4 aliphatic heterocycles. The van der Waals surface area contributed by atoms with Gasteiger partial charge in [-0.15, -0.1) is 0 Å². The normalized spacial score (nSPS) is 45.7. The molecule has 1 unspecified atom stereocenters. The van der Waals surface area contributed by atoms with Crippen LogP contribution in [0, 0.1) is 0 Å². The summed E-state index contributed by atoms with van der Waals surface area (Å²) < 4.78 is 39.7. The first kappa shape index (κ1) is 46.3. The van der Waals surface area contributed by atoms with E-state index in [-0.39, 0.29) is 0 Å². The van der Waals surface area contributed by atoms with Crippen LogP contribution in [0.3, 0.4) is 0 Å². The molecule has 0 aromatic carbocycles. The van der Waals surface area contributed by atoms with Gasteiger partial charge in [-0.2, -0.15) is 0 Å². The maximum absolute atomic E-state index is 12.9. The van der Waals surface area contributed by atoms with E-state index in [9.17, 15) is 80.8 Å². The molecule has 21 atom stereocenters. The Hall–Kier alpha value is -2.35. The van der Waals surface area contributed by atoms with E-state index in [1.165, 1.54) is 6.92 Å². The van der Waals surface area contributed by atoms with Gasteiger partial charge in [-0.1, -0.05) is 0 Å². The summed E-state index contributed by atoms with van der Waals surface area (Å²) in [6.45, 7) is 0.283. The van der Waals surface area contributed by atoms with Gasteiger partial charge in [0.2, 0.25) is 11.8 Å². The fourth-order valence-electron chi connectivity index (χ4n) is 6.99. The topological polar surface area (TPSA) is 403 Å². The summed E-state index contributed by atoms with van der Waals surface area (Å²) in [6, 6.07) is -3.22. The van der Waals surface area contributed by atoms with Crippen molar-refractivity contribution in [2.45, 2.75) is 155 Å². The van der Waals surface area contributed by atoms with Crippen molar-refractivity contribution in [3.63, 3.8) is 0 Å². The van der Waals surface area contributed by atoms with Crippen molar-refractivity contribution in [1.82, 2.24) is 10.6 Å². The lowest BCUT2D eigenvalue weighted by Crippen LogP contribution is -2.71. The van der Waals surface area contributed by atoms with Crippen molar-refractivity contribution in [3.05, 3.63) is 0 Å². The van der Waals surface area contributed by atoms with Crippen molar-refractivity contribution in [2.75, 3.05) is 19.8 Å². The van der Waals surface area contributed by atoms with E-state index in [1.54, 1.807) is 0 Å². The first-order valence-electron chi connectivity index (χ1n) is 17.6. The Morgan fingerprint density at radius 2 is 1.30 bits per heavy atom. The molecule has 0 radical (unpaired) electrons. The van der Waals surface area contributed by atoms with Gasteiger partial charge in [0.25, 0.3) is 5.79 Å². The Kier molecular flexibility index (Phi) is 15.8. The van der Waals surface area contributed by atoms with E-state index in [4.69, 9.17) is 33.2 Å². The minimum Gasteiger partial charge on any atom is -0.477 e. The van der Waals surface area contributed by atoms with Crippen LogP contribution in [0.2, 0.25) is 0 Å². The number of aliphatic hydroxyl groups is 12. The third kappa shape index (κ3) is 9.74. The predicted molar refractivity (Wildman–Crippen MR) is 173 cm³/mol. The minimum absolute atomic E-state index is 0.767. The molecule has 0 aliphatic carbocycles. The number of hydrogen-bond acceptors (Lipinski definition) is 22. The maximum atomic E-state index is 12.9. The van der Waals surface area contributed by atoms with Gasteiger partial charge in [0.1, 0.15) is 85.4 Å². The molecule has 4 rings (SSSR count). The number of ether oxygens (including phenoxy) is 7. The molecule has 0 spiro atoms. The molecule has 0 aromatic heterocycles. The summed E-state index contributed by atoms with van der Waals surface area (Å²) in [6.07, 6.45) is -35.1. The molecular weight excluding hydrogens is 768 g/mol. The number of carbonyl (C=O) groups excluding carboxylic acids is 2. The largest absolute Gasteiger partial charge is 0.477 e. The van der Waals surface area contributed by atoms with E-state index < -0.39 is 172 Å². The van der Waals surface area contributed by atoms with Crippen molar-refractivity contribution in [2.24, 2.45) is 0 Å². The highest BCUT2D eigenvalue weighted by Crippen LogP contribution is 2.39. The number of aliphatic hydroxyl groups excluding tert-OH is 12. The summed E-state index contributed by atoms with van der Waals surface area (Å²) in [4.78, 5) is 37.0. The van der Waals surface area contributed by atoms with Crippen LogP contribution in [0.15, 0.2) is 0 Å². The summed E-state index contributed by atoms with van der Waals surface area (Å²) in [5.74, 6) is -6.69. The zero-order chi connectivity index (χ0) is 42.0. The Morgan fingerprint density at radius 1 is 0.732 bits per heavy atom. The van der Waals surface area contributed by atoms with E-state index in [2.05, 4.69) is 10.6 Å². The highest BCUT2D eigenvalue weighted by atomic mass is 16.8. The number of aliphatic carboxylic acids is 1. The number of nitrogens with one attached hydrogen (secondary N) is 2. The summed E-state index contributed by atoms with van der Waals surface area (Å²) in [5, 5.41) is 142. The molecule has 4 saturated heterocycles. The number of carboxylic acid groups (broad SMARTS) is 1. The molecule has 25 nitrogen and oxygen atoms in total. The zero-order valence-electron chi connectivity index (χ0n) is 30.3. The second-order valence-electron chi connectivity index (χ2n) is 14.0. The monoisotopic (exact) mass is 820 g/mol. The van der Waals surface area contributed by atoms with Crippen LogP contribution in [-0.4, -0.2) is 232 Å². The predicted octanol–water partition coefficient (Wildman–Crippen LogP) is -9.23. The lowest BCUT2D eigenvalue weighted by atomic mass is 9.88. The molecule has 15 N–H and O–H groups in total. The average molecular weight is 821 g/mol. The van der Waals surface area contributed by atoms with Gasteiger partial charge in [-0.3, -0.25) is 9.59 Å². The summed E-state index contributed by atoms with van der Waals surface area (Å²) in [5.41, 5.74) is 0. The highest BCUT2D eigenvalue weighted by Gasteiger charge is 2.60.